The minimum Gasteiger partial charge on any atom is -0.378 e. The molecule has 0 spiro atoms. The normalized spacial score (nSPS) is 11.4. The summed E-state index contributed by atoms with van der Waals surface area (Å²) >= 11 is 3.39. The van der Waals surface area contributed by atoms with E-state index in [0.29, 0.717) is 13.0 Å². The van der Waals surface area contributed by atoms with Crippen LogP contribution in [0.25, 0.3) is 0 Å². The van der Waals surface area contributed by atoms with E-state index in [1.807, 2.05) is 45.2 Å². The molecular formula is C14H20BrNO2. The summed E-state index contributed by atoms with van der Waals surface area (Å²) in [6, 6.07) is 7.98. The van der Waals surface area contributed by atoms with Crippen LogP contribution in [0.15, 0.2) is 28.7 Å². The number of hydrogen-bond donors (Lipinski definition) is 0. The monoisotopic (exact) mass is 313 g/mol. The average molecular weight is 314 g/mol. The van der Waals surface area contributed by atoms with Crippen molar-refractivity contribution in [1.82, 2.24) is 4.90 Å². The molecule has 0 saturated heterocycles. The van der Waals surface area contributed by atoms with Crippen molar-refractivity contribution in [2.45, 2.75) is 32.4 Å². The number of halogens is 1. The molecule has 0 aliphatic rings. The van der Waals surface area contributed by atoms with Crippen LogP contribution in [-0.2, 0) is 16.1 Å². The topological polar surface area (TPSA) is 29.5 Å². The Labute approximate surface area is 117 Å². The molecule has 1 aromatic carbocycles. The van der Waals surface area contributed by atoms with Gasteiger partial charge in [0.15, 0.2) is 0 Å². The Morgan fingerprint density at radius 1 is 1.33 bits per heavy atom. The first-order valence-corrected chi connectivity index (χ1v) is 6.67. The van der Waals surface area contributed by atoms with Gasteiger partial charge in [0, 0.05) is 25.2 Å². The number of methoxy groups -OCH3 is 1. The first-order valence-electron chi connectivity index (χ1n) is 5.87. The van der Waals surface area contributed by atoms with E-state index in [4.69, 9.17) is 4.74 Å². The summed E-state index contributed by atoms with van der Waals surface area (Å²) in [5.41, 5.74) is 0.703. The van der Waals surface area contributed by atoms with Crippen LogP contribution in [0.3, 0.4) is 0 Å². The van der Waals surface area contributed by atoms with Gasteiger partial charge in [-0.2, -0.15) is 0 Å². The molecule has 0 atom stereocenters. The Bertz CT molecular complexity index is 401. The number of hydrogen-bond acceptors (Lipinski definition) is 2. The van der Waals surface area contributed by atoms with E-state index >= 15 is 0 Å². The third-order valence-corrected chi connectivity index (χ3v) is 3.42. The van der Waals surface area contributed by atoms with Crippen molar-refractivity contribution in [3.63, 3.8) is 0 Å². The number of benzene rings is 1. The van der Waals surface area contributed by atoms with E-state index in [0.717, 1.165) is 10.0 Å². The molecule has 1 amide bonds. The maximum atomic E-state index is 12.0. The van der Waals surface area contributed by atoms with E-state index in [1.54, 1.807) is 12.0 Å². The second-order valence-corrected chi connectivity index (χ2v) is 5.93. The van der Waals surface area contributed by atoms with Crippen LogP contribution in [0, 0.1) is 0 Å². The van der Waals surface area contributed by atoms with Crippen molar-refractivity contribution >= 4 is 21.8 Å². The van der Waals surface area contributed by atoms with Crippen molar-refractivity contribution in [1.29, 1.82) is 0 Å². The number of nitrogens with zero attached hydrogens (tertiary/aromatic N) is 1. The van der Waals surface area contributed by atoms with E-state index < -0.39 is 5.60 Å². The van der Waals surface area contributed by atoms with Gasteiger partial charge in [-0.15, -0.1) is 0 Å². The number of carbonyl (C=O) groups is 1. The molecular weight excluding hydrogens is 294 g/mol. The van der Waals surface area contributed by atoms with E-state index in [2.05, 4.69) is 15.9 Å². The molecule has 0 aliphatic heterocycles. The predicted molar refractivity (Wildman–Crippen MR) is 76.3 cm³/mol. The van der Waals surface area contributed by atoms with Crippen LogP contribution >= 0.6 is 15.9 Å². The quantitative estimate of drug-likeness (QED) is 0.835. The molecule has 0 heterocycles. The second kappa shape index (κ2) is 6.34. The van der Waals surface area contributed by atoms with Gasteiger partial charge in [0.2, 0.25) is 5.91 Å². The number of rotatable bonds is 5. The van der Waals surface area contributed by atoms with E-state index in [1.165, 1.54) is 0 Å². The highest BCUT2D eigenvalue weighted by molar-refractivity contribution is 9.10. The Balaban J connectivity index is 2.57. The highest BCUT2D eigenvalue weighted by Crippen LogP contribution is 2.16. The molecule has 0 aliphatic carbocycles. The van der Waals surface area contributed by atoms with Crippen LogP contribution in [0.5, 0.6) is 0 Å². The Kier molecular flexibility index (Phi) is 5.35. The molecule has 0 unspecified atom stereocenters. The molecule has 1 aromatic rings. The average Bonchev–Trinajstić information content (AvgIpc) is 2.31. The Hall–Kier alpha value is -0.870. The summed E-state index contributed by atoms with van der Waals surface area (Å²) in [5, 5.41) is 0. The minimum absolute atomic E-state index is 0.0877. The summed E-state index contributed by atoms with van der Waals surface area (Å²) in [5.74, 6) is 0.0877. The fourth-order valence-electron chi connectivity index (χ4n) is 1.52. The van der Waals surface area contributed by atoms with Crippen molar-refractivity contribution in [3.05, 3.63) is 34.3 Å². The molecule has 4 heteroatoms. The summed E-state index contributed by atoms with van der Waals surface area (Å²) < 4.78 is 6.31. The molecule has 100 valence electrons. The molecule has 18 heavy (non-hydrogen) atoms. The lowest BCUT2D eigenvalue weighted by molar-refractivity contribution is -0.135. The zero-order valence-electron chi connectivity index (χ0n) is 11.4. The third kappa shape index (κ3) is 4.78. The van der Waals surface area contributed by atoms with Gasteiger partial charge in [-0.25, -0.2) is 0 Å². The molecule has 0 fully saturated rings. The fraction of sp³-hybridized carbons (Fsp3) is 0.500. The summed E-state index contributed by atoms with van der Waals surface area (Å²) in [7, 11) is 3.44. The lowest BCUT2D eigenvalue weighted by Gasteiger charge is -2.25. The van der Waals surface area contributed by atoms with Crippen molar-refractivity contribution in [2.75, 3.05) is 14.2 Å². The zero-order valence-corrected chi connectivity index (χ0v) is 13.0. The van der Waals surface area contributed by atoms with Gasteiger partial charge in [0.25, 0.3) is 0 Å². The molecule has 0 saturated carbocycles. The van der Waals surface area contributed by atoms with Crippen LogP contribution in [-0.4, -0.2) is 30.6 Å². The summed E-state index contributed by atoms with van der Waals surface area (Å²) in [6.07, 6.45) is 0.385. The second-order valence-electron chi connectivity index (χ2n) is 5.02. The zero-order chi connectivity index (χ0) is 13.8. The van der Waals surface area contributed by atoms with Crippen molar-refractivity contribution < 1.29 is 9.53 Å². The first-order chi connectivity index (χ1) is 8.34. The van der Waals surface area contributed by atoms with Gasteiger partial charge < -0.3 is 9.64 Å². The lowest BCUT2D eigenvalue weighted by Crippen LogP contribution is -2.34. The standard InChI is InChI=1S/C14H20BrNO2/c1-14(2,18-4)9-13(17)16(3)10-11-5-7-12(15)8-6-11/h5-8H,9-10H2,1-4H3. The smallest absolute Gasteiger partial charge is 0.225 e. The Morgan fingerprint density at radius 2 is 1.89 bits per heavy atom. The molecule has 0 bridgehead atoms. The van der Waals surface area contributed by atoms with Crippen LogP contribution in [0.4, 0.5) is 0 Å². The largest absolute Gasteiger partial charge is 0.378 e. The van der Waals surface area contributed by atoms with Crippen LogP contribution < -0.4 is 0 Å². The minimum atomic E-state index is -0.412. The number of amides is 1. The van der Waals surface area contributed by atoms with E-state index in [-0.39, 0.29) is 5.91 Å². The van der Waals surface area contributed by atoms with Crippen LogP contribution in [0.1, 0.15) is 25.8 Å². The SMILES string of the molecule is COC(C)(C)CC(=O)N(C)Cc1ccc(Br)cc1. The maximum Gasteiger partial charge on any atom is 0.225 e. The maximum absolute atomic E-state index is 12.0. The van der Waals surface area contributed by atoms with Crippen molar-refractivity contribution in [2.24, 2.45) is 0 Å². The molecule has 3 nitrogen and oxygen atoms in total. The molecule has 1 rings (SSSR count). The first kappa shape index (κ1) is 15.2. The third-order valence-electron chi connectivity index (χ3n) is 2.89. The predicted octanol–water partition coefficient (Wildman–Crippen LogP) is 3.22. The molecule has 0 N–H and O–H groups in total. The highest BCUT2D eigenvalue weighted by atomic mass is 79.9. The van der Waals surface area contributed by atoms with Crippen molar-refractivity contribution in [3.8, 4) is 0 Å². The fourth-order valence-corrected chi connectivity index (χ4v) is 1.79. The summed E-state index contributed by atoms with van der Waals surface area (Å²) in [4.78, 5) is 13.8. The molecule has 0 aromatic heterocycles. The van der Waals surface area contributed by atoms with Gasteiger partial charge in [-0.1, -0.05) is 28.1 Å². The molecule has 0 radical (unpaired) electrons. The van der Waals surface area contributed by atoms with Crippen LogP contribution in [0.2, 0.25) is 0 Å². The van der Waals surface area contributed by atoms with Gasteiger partial charge in [0.05, 0.1) is 12.0 Å². The van der Waals surface area contributed by atoms with E-state index in [9.17, 15) is 4.79 Å². The highest BCUT2D eigenvalue weighted by Gasteiger charge is 2.23. The van der Waals surface area contributed by atoms with Gasteiger partial charge in [-0.3, -0.25) is 4.79 Å². The Morgan fingerprint density at radius 3 is 2.39 bits per heavy atom. The van der Waals surface area contributed by atoms with Gasteiger partial charge >= 0.3 is 0 Å². The van der Waals surface area contributed by atoms with Gasteiger partial charge in [-0.05, 0) is 31.5 Å². The summed E-state index contributed by atoms with van der Waals surface area (Å²) in [6.45, 7) is 4.45. The number of ether oxygens (including phenoxy) is 1. The number of carbonyl (C=O) groups excluding carboxylic acids is 1. The van der Waals surface area contributed by atoms with Gasteiger partial charge in [0.1, 0.15) is 0 Å². The lowest BCUT2D eigenvalue weighted by atomic mass is 10.0.